The zero-order valence-electron chi connectivity index (χ0n) is 20.9. The van der Waals surface area contributed by atoms with Crippen molar-refractivity contribution in [3.8, 4) is 11.1 Å². The van der Waals surface area contributed by atoms with Gasteiger partial charge in [-0.3, -0.25) is 4.79 Å². The number of hydrogen-bond acceptors (Lipinski definition) is 4. The van der Waals surface area contributed by atoms with Crippen LogP contribution in [0.1, 0.15) is 39.4 Å². The van der Waals surface area contributed by atoms with Crippen LogP contribution in [-0.2, 0) is 4.74 Å². The summed E-state index contributed by atoms with van der Waals surface area (Å²) in [6.45, 7) is 9.86. The van der Waals surface area contributed by atoms with Gasteiger partial charge in [-0.25, -0.2) is 18.6 Å². The lowest BCUT2D eigenvalue weighted by Gasteiger charge is -2.24. The number of pyridine rings is 2. The molecule has 0 N–H and O–H groups in total. The summed E-state index contributed by atoms with van der Waals surface area (Å²) in [7, 11) is 0. The highest BCUT2D eigenvalue weighted by Gasteiger charge is 2.36. The van der Waals surface area contributed by atoms with Crippen LogP contribution >= 0.6 is 0 Å². The van der Waals surface area contributed by atoms with Crippen LogP contribution in [0, 0.1) is 24.5 Å². The average Bonchev–Trinajstić information content (AvgIpc) is 3.35. The molecule has 0 saturated carbocycles. The van der Waals surface area contributed by atoms with Crippen molar-refractivity contribution < 1.29 is 18.3 Å². The highest BCUT2D eigenvalue weighted by atomic mass is 19.1. The fourth-order valence-corrected chi connectivity index (χ4v) is 4.89. The minimum atomic E-state index is -0.682. The maximum atomic E-state index is 15.4. The smallest absolute Gasteiger partial charge is 0.410 e. The molecular weight excluding hydrogens is 466 g/mol. The SMILES string of the molecule is Cc1cn2cc(-c3cc(F)c4c(=O)n(C5CN(C(=O)OC(C)(C)C)CC5C)ccc4c3)cc(F)c2n1. The van der Waals surface area contributed by atoms with E-state index in [9.17, 15) is 14.0 Å². The van der Waals surface area contributed by atoms with E-state index in [1.807, 2.05) is 6.92 Å². The van der Waals surface area contributed by atoms with Crippen LogP contribution in [0.5, 0.6) is 0 Å². The highest BCUT2D eigenvalue weighted by Crippen LogP contribution is 2.31. The fraction of sp³-hybridized carbons (Fsp3) is 0.370. The standard InChI is InChI=1S/C27H28F2N4O3/c1-15-11-32(26(35)36-27(3,4)5)14-22(15)33-7-6-17-8-18(9-20(28)23(17)25(33)34)19-10-21(29)24-30-16(2)12-31(24)13-19/h6-10,12-13,15,22H,11,14H2,1-5H3. The van der Waals surface area contributed by atoms with Gasteiger partial charge in [0.15, 0.2) is 11.5 Å². The third kappa shape index (κ3) is 4.23. The second kappa shape index (κ2) is 8.43. The molecule has 2 unspecified atom stereocenters. The monoisotopic (exact) mass is 494 g/mol. The molecule has 188 valence electrons. The summed E-state index contributed by atoms with van der Waals surface area (Å²) < 4.78 is 38.5. The molecule has 0 bridgehead atoms. The number of likely N-dealkylation sites (tertiary alicyclic amines) is 1. The largest absolute Gasteiger partial charge is 0.444 e. The van der Waals surface area contributed by atoms with Crippen molar-refractivity contribution >= 4 is 22.5 Å². The molecule has 0 radical (unpaired) electrons. The number of fused-ring (bicyclic) bond motifs is 2. The summed E-state index contributed by atoms with van der Waals surface area (Å²) in [5.41, 5.74) is 0.707. The molecule has 1 aromatic carbocycles. The van der Waals surface area contributed by atoms with Crippen LogP contribution in [0.2, 0.25) is 0 Å². The molecule has 1 amide bonds. The van der Waals surface area contributed by atoms with Gasteiger partial charge in [-0.2, -0.15) is 0 Å². The van der Waals surface area contributed by atoms with Crippen molar-refractivity contribution in [1.29, 1.82) is 0 Å². The Balaban J connectivity index is 1.51. The number of aryl methyl sites for hydroxylation is 1. The number of amides is 1. The van der Waals surface area contributed by atoms with Gasteiger partial charge in [0.05, 0.1) is 17.1 Å². The molecule has 0 spiro atoms. The fourth-order valence-electron chi connectivity index (χ4n) is 4.89. The van der Waals surface area contributed by atoms with Gasteiger partial charge >= 0.3 is 6.09 Å². The van der Waals surface area contributed by atoms with E-state index in [2.05, 4.69) is 4.98 Å². The van der Waals surface area contributed by atoms with Gasteiger partial charge in [0.1, 0.15) is 11.4 Å². The molecule has 9 heteroatoms. The van der Waals surface area contributed by atoms with Crippen LogP contribution in [0.4, 0.5) is 13.6 Å². The summed E-state index contributed by atoms with van der Waals surface area (Å²) in [6.07, 6.45) is 4.59. The summed E-state index contributed by atoms with van der Waals surface area (Å²) in [6, 6.07) is 5.62. The van der Waals surface area contributed by atoms with Gasteiger partial charge in [0.25, 0.3) is 5.56 Å². The Labute approximate surface area is 206 Å². The lowest BCUT2D eigenvalue weighted by Crippen LogP contribution is -2.36. The summed E-state index contributed by atoms with van der Waals surface area (Å²) in [5.74, 6) is -1.22. The van der Waals surface area contributed by atoms with Crippen LogP contribution in [-0.4, -0.2) is 43.6 Å². The Morgan fingerprint density at radius 2 is 1.81 bits per heavy atom. The topological polar surface area (TPSA) is 68.8 Å². The number of benzene rings is 1. The molecule has 4 heterocycles. The second-order valence-electron chi connectivity index (χ2n) is 10.6. The van der Waals surface area contributed by atoms with E-state index in [4.69, 9.17) is 4.74 Å². The van der Waals surface area contributed by atoms with E-state index in [0.717, 1.165) is 0 Å². The predicted molar refractivity (Wildman–Crippen MR) is 133 cm³/mol. The second-order valence-corrected chi connectivity index (χ2v) is 10.6. The van der Waals surface area contributed by atoms with E-state index < -0.39 is 28.9 Å². The maximum Gasteiger partial charge on any atom is 0.410 e. The molecule has 36 heavy (non-hydrogen) atoms. The lowest BCUT2D eigenvalue weighted by atomic mass is 10.0. The Bertz CT molecular complexity index is 1570. The minimum absolute atomic E-state index is 0.0247. The van der Waals surface area contributed by atoms with Crippen molar-refractivity contribution in [3.63, 3.8) is 0 Å². The Morgan fingerprint density at radius 1 is 1.08 bits per heavy atom. The van der Waals surface area contributed by atoms with Gasteiger partial charge < -0.3 is 18.6 Å². The predicted octanol–water partition coefficient (Wildman–Crippen LogP) is 5.33. The molecule has 1 aliphatic rings. The molecular formula is C27H28F2N4O3. The zero-order chi connectivity index (χ0) is 25.9. The molecule has 1 saturated heterocycles. The highest BCUT2D eigenvalue weighted by molar-refractivity contribution is 5.87. The quantitative estimate of drug-likeness (QED) is 0.378. The van der Waals surface area contributed by atoms with Gasteiger partial charge in [-0.15, -0.1) is 0 Å². The van der Waals surface area contributed by atoms with E-state index in [0.29, 0.717) is 35.3 Å². The molecule has 3 aromatic heterocycles. The van der Waals surface area contributed by atoms with Crippen molar-refractivity contribution in [2.24, 2.45) is 5.92 Å². The van der Waals surface area contributed by atoms with Gasteiger partial charge in [0, 0.05) is 37.2 Å². The number of nitrogens with zero attached hydrogens (tertiary/aromatic N) is 4. The number of halogens is 2. The number of ether oxygens (including phenoxy) is 1. The Hall–Kier alpha value is -3.75. The normalized spacial score (nSPS) is 18.4. The van der Waals surface area contributed by atoms with Crippen LogP contribution in [0.15, 0.2) is 47.7 Å². The Kier molecular flexibility index (Phi) is 5.61. The zero-order valence-corrected chi connectivity index (χ0v) is 20.9. The van der Waals surface area contributed by atoms with Gasteiger partial charge in [-0.1, -0.05) is 6.92 Å². The molecule has 7 nitrogen and oxygen atoms in total. The number of imidazole rings is 1. The summed E-state index contributed by atoms with van der Waals surface area (Å²) in [5, 5.41) is 0.382. The van der Waals surface area contributed by atoms with Gasteiger partial charge in [0.2, 0.25) is 0 Å². The van der Waals surface area contributed by atoms with Crippen LogP contribution in [0.3, 0.4) is 0 Å². The number of rotatable bonds is 2. The number of carbonyl (C=O) groups excluding carboxylic acids is 1. The molecule has 1 aliphatic heterocycles. The first-order valence-corrected chi connectivity index (χ1v) is 11.9. The first-order valence-electron chi connectivity index (χ1n) is 11.9. The Morgan fingerprint density at radius 3 is 2.53 bits per heavy atom. The molecule has 4 aromatic rings. The molecule has 1 fully saturated rings. The number of hydrogen-bond donors (Lipinski definition) is 0. The van der Waals surface area contributed by atoms with Crippen LogP contribution in [0.25, 0.3) is 27.5 Å². The lowest BCUT2D eigenvalue weighted by molar-refractivity contribution is 0.0285. The third-order valence-corrected chi connectivity index (χ3v) is 6.53. The third-order valence-electron chi connectivity index (χ3n) is 6.53. The molecule has 2 atom stereocenters. The maximum absolute atomic E-state index is 15.4. The molecule has 5 rings (SSSR count). The number of carbonyl (C=O) groups is 1. The number of aromatic nitrogens is 3. The summed E-state index contributed by atoms with van der Waals surface area (Å²) >= 11 is 0. The van der Waals surface area contributed by atoms with Gasteiger partial charge in [-0.05, 0) is 68.8 Å². The minimum Gasteiger partial charge on any atom is -0.444 e. The van der Waals surface area contributed by atoms with Crippen molar-refractivity contribution in [1.82, 2.24) is 18.9 Å². The average molecular weight is 495 g/mol. The first-order chi connectivity index (χ1) is 16.9. The summed E-state index contributed by atoms with van der Waals surface area (Å²) in [4.78, 5) is 31.7. The van der Waals surface area contributed by atoms with E-state index in [1.165, 1.54) is 16.7 Å². The van der Waals surface area contributed by atoms with Crippen molar-refractivity contribution in [3.05, 3.63) is 70.5 Å². The van der Waals surface area contributed by atoms with E-state index in [-0.39, 0.29) is 23.0 Å². The van der Waals surface area contributed by atoms with Crippen LogP contribution < -0.4 is 5.56 Å². The van der Waals surface area contributed by atoms with Crippen molar-refractivity contribution in [2.45, 2.75) is 46.3 Å². The van der Waals surface area contributed by atoms with E-state index in [1.54, 1.807) is 67.7 Å². The van der Waals surface area contributed by atoms with Crippen molar-refractivity contribution in [2.75, 3.05) is 13.1 Å². The first kappa shape index (κ1) is 24.0. The molecule has 0 aliphatic carbocycles. The van der Waals surface area contributed by atoms with E-state index >= 15 is 4.39 Å².